The molecule has 0 saturated carbocycles. The summed E-state index contributed by atoms with van der Waals surface area (Å²) < 4.78 is 15.5. The highest BCUT2D eigenvalue weighted by atomic mass is 16.5. The van der Waals surface area contributed by atoms with Crippen molar-refractivity contribution >= 4 is 18.0 Å². The molecule has 1 aliphatic heterocycles. The maximum Gasteiger partial charge on any atom is 0.408 e. The molecule has 2 N–H and O–H groups in total. The highest BCUT2D eigenvalue weighted by Gasteiger charge is 2.52. The van der Waals surface area contributed by atoms with Gasteiger partial charge in [0, 0.05) is 11.6 Å². The van der Waals surface area contributed by atoms with E-state index in [1.165, 1.54) is 14.2 Å². The summed E-state index contributed by atoms with van der Waals surface area (Å²) in [6, 6.07) is 11.6. The minimum atomic E-state index is -1.23. The summed E-state index contributed by atoms with van der Waals surface area (Å²) in [5.41, 5.74) is 1.39. The number of ether oxygens (including phenoxy) is 3. The Bertz CT molecular complexity index is 932. The van der Waals surface area contributed by atoms with Gasteiger partial charge in [-0.3, -0.25) is 4.79 Å². The molecule has 1 aliphatic rings. The van der Waals surface area contributed by atoms with Crippen molar-refractivity contribution in [1.29, 1.82) is 0 Å². The van der Waals surface area contributed by atoms with Gasteiger partial charge in [0.2, 0.25) is 5.91 Å². The van der Waals surface area contributed by atoms with E-state index in [2.05, 4.69) is 5.32 Å². The van der Waals surface area contributed by atoms with Crippen LogP contribution in [0.15, 0.2) is 48.5 Å². The molecule has 9 nitrogen and oxygen atoms in total. The summed E-state index contributed by atoms with van der Waals surface area (Å²) >= 11 is 0. The normalized spacial score (nSPS) is 17.7. The van der Waals surface area contributed by atoms with Crippen LogP contribution in [-0.2, 0) is 27.5 Å². The number of amides is 2. The standard InChI is InChI=1S/C21H22N2O7/c1-28-15-9-8-14(16(10-15)29-2)11-23-18(20(25)26)17(19(23)24)22-21(27)30-12-13-6-4-3-5-7-13/h3-10,17-18H,11-12H2,1-2H3,(H,22,27)(H,25,26). The summed E-state index contributed by atoms with van der Waals surface area (Å²) in [6.07, 6.45) is -0.856. The lowest BCUT2D eigenvalue weighted by molar-refractivity contribution is -0.167. The molecule has 158 valence electrons. The van der Waals surface area contributed by atoms with Gasteiger partial charge in [-0.2, -0.15) is 0 Å². The molecule has 2 amide bonds. The van der Waals surface area contributed by atoms with E-state index in [1.807, 2.05) is 6.07 Å². The van der Waals surface area contributed by atoms with Gasteiger partial charge in [-0.05, 0) is 17.7 Å². The summed E-state index contributed by atoms with van der Waals surface area (Å²) in [7, 11) is 2.99. The second kappa shape index (κ2) is 9.17. The zero-order chi connectivity index (χ0) is 21.7. The number of carbonyl (C=O) groups excluding carboxylic acids is 2. The van der Waals surface area contributed by atoms with Crippen molar-refractivity contribution in [3.8, 4) is 11.5 Å². The Morgan fingerprint density at radius 3 is 2.47 bits per heavy atom. The molecule has 0 spiro atoms. The first-order valence-electron chi connectivity index (χ1n) is 9.16. The third-order valence-corrected chi connectivity index (χ3v) is 4.77. The number of methoxy groups -OCH3 is 2. The molecule has 1 fully saturated rings. The van der Waals surface area contributed by atoms with E-state index in [4.69, 9.17) is 14.2 Å². The largest absolute Gasteiger partial charge is 0.497 e. The molecule has 2 unspecified atom stereocenters. The van der Waals surface area contributed by atoms with Crippen molar-refractivity contribution in [2.75, 3.05) is 14.2 Å². The number of nitrogens with zero attached hydrogens (tertiary/aromatic N) is 1. The number of hydrogen-bond acceptors (Lipinski definition) is 6. The Labute approximate surface area is 173 Å². The van der Waals surface area contributed by atoms with Crippen LogP contribution in [0.4, 0.5) is 4.79 Å². The number of alkyl carbamates (subject to hydrolysis) is 1. The molecule has 0 aromatic heterocycles. The Hall–Kier alpha value is -3.75. The lowest BCUT2D eigenvalue weighted by Crippen LogP contribution is -2.72. The summed E-state index contributed by atoms with van der Waals surface area (Å²) in [4.78, 5) is 37.5. The number of carboxylic acid groups (broad SMARTS) is 1. The third kappa shape index (κ3) is 4.45. The number of likely N-dealkylation sites (tertiary alicyclic amines) is 1. The minimum absolute atomic E-state index is 0.0120. The van der Waals surface area contributed by atoms with Crippen molar-refractivity contribution < 1.29 is 33.7 Å². The molecule has 1 saturated heterocycles. The van der Waals surface area contributed by atoms with Gasteiger partial charge in [-0.1, -0.05) is 30.3 Å². The first-order chi connectivity index (χ1) is 14.4. The fraction of sp³-hybridized carbons (Fsp3) is 0.286. The molecule has 9 heteroatoms. The number of aliphatic carboxylic acids is 1. The Morgan fingerprint density at radius 2 is 1.83 bits per heavy atom. The molecule has 3 rings (SSSR count). The van der Waals surface area contributed by atoms with Crippen molar-refractivity contribution in [1.82, 2.24) is 10.2 Å². The summed E-state index contributed by atoms with van der Waals surface area (Å²) in [6.45, 7) is 0.0261. The molecule has 2 atom stereocenters. The van der Waals surface area contributed by atoms with Crippen LogP contribution in [0.2, 0.25) is 0 Å². The second-order valence-electron chi connectivity index (χ2n) is 6.61. The summed E-state index contributed by atoms with van der Waals surface area (Å²) in [5, 5.41) is 11.9. The van der Waals surface area contributed by atoms with Crippen molar-refractivity contribution in [3.05, 3.63) is 59.7 Å². The first kappa shape index (κ1) is 21.0. The Kier molecular flexibility index (Phi) is 6.41. The average Bonchev–Trinajstić information content (AvgIpc) is 2.76. The lowest BCUT2D eigenvalue weighted by atomic mass is 9.94. The van der Waals surface area contributed by atoms with E-state index in [9.17, 15) is 19.5 Å². The number of carbonyl (C=O) groups is 3. The number of hydrogen-bond donors (Lipinski definition) is 2. The van der Waals surface area contributed by atoms with Gasteiger partial charge in [-0.15, -0.1) is 0 Å². The second-order valence-corrected chi connectivity index (χ2v) is 6.61. The monoisotopic (exact) mass is 414 g/mol. The highest BCUT2D eigenvalue weighted by molar-refractivity contribution is 6.01. The Balaban J connectivity index is 1.64. The number of carboxylic acids is 1. The van der Waals surface area contributed by atoms with Gasteiger partial charge in [-0.25, -0.2) is 9.59 Å². The number of rotatable bonds is 8. The van der Waals surface area contributed by atoms with Crippen molar-refractivity contribution in [3.63, 3.8) is 0 Å². The number of nitrogens with one attached hydrogen (secondary N) is 1. The van der Waals surface area contributed by atoms with Crippen LogP contribution in [0.25, 0.3) is 0 Å². The molecule has 0 aliphatic carbocycles. The van der Waals surface area contributed by atoms with Crippen LogP contribution in [-0.4, -0.2) is 54.3 Å². The zero-order valence-electron chi connectivity index (χ0n) is 16.5. The predicted molar refractivity (Wildman–Crippen MR) is 105 cm³/mol. The predicted octanol–water partition coefficient (Wildman–Crippen LogP) is 1.79. The van der Waals surface area contributed by atoms with Gasteiger partial charge in [0.1, 0.15) is 24.1 Å². The van der Waals surface area contributed by atoms with E-state index in [1.54, 1.807) is 42.5 Å². The van der Waals surface area contributed by atoms with Crippen LogP contribution in [0.5, 0.6) is 11.5 Å². The molecule has 2 aromatic carbocycles. The van der Waals surface area contributed by atoms with Gasteiger partial charge in [0.25, 0.3) is 0 Å². The van der Waals surface area contributed by atoms with Crippen LogP contribution in [0.3, 0.4) is 0 Å². The third-order valence-electron chi connectivity index (χ3n) is 4.77. The van der Waals surface area contributed by atoms with Crippen molar-refractivity contribution in [2.24, 2.45) is 0 Å². The molecule has 1 heterocycles. The van der Waals surface area contributed by atoms with Gasteiger partial charge in [0.15, 0.2) is 6.04 Å². The van der Waals surface area contributed by atoms with E-state index in [-0.39, 0.29) is 13.2 Å². The fourth-order valence-electron chi connectivity index (χ4n) is 3.20. The molecule has 0 bridgehead atoms. The number of benzene rings is 2. The van der Waals surface area contributed by atoms with Crippen LogP contribution in [0, 0.1) is 0 Å². The van der Waals surface area contributed by atoms with Gasteiger partial charge < -0.3 is 29.5 Å². The van der Waals surface area contributed by atoms with Crippen LogP contribution < -0.4 is 14.8 Å². The number of β-lactam (4-membered cyclic amide) rings is 1. The Morgan fingerprint density at radius 1 is 1.10 bits per heavy atom. The molecule has 30 heavy (non-hydrogen) atoms. The molecule has 0 radical (unpaired) electrons. The molecular weight excluding hydrogens is 392 g/mol. The lowest BCUT2D eigenvalue weighted by Gasteiger charge is -2.44. The first-order valence-corrected chi connectivity index (χ1v) is 9.16. The highest BCUT2D eigenvalue weighted by Crippen LogP contribution is 2.30. The van der Waals surface area contributed by atoms with Crippen LogP contribution >= 0.6 is 0 Å². The fourth-order valence-corrected chi connectivity index (χ4v) is 3.20. The van der Waals surface area contributed by atoms with Crippen LogP contribution in [0.1, 0.15) is 11.1 Å². The van der Waals surface area contributed by atoms with E-state index >= 15 is 0 Å². The smallest absolute Gasteiger partial charge is 0.408 e. The maximum atomic E-state index is 12.5. The van der Waals surface area contributed by atoms with E-state index in [0.29, 0.717) is 17.1 Å². The van der Waals surface area contributed by atoms with E-state index < -0.39 is 30.1 Å². The quantitative estimate of drug-likeness (QED) is 0.633. The van der Waals surface area contributed by atoms with Gasteiger partial charge >= 0.3 is 12.1 Å². The topological polar surface area (TPSA) is 114 Å². The SMILES string of the molecule is COc1ccc(CN2C(=O)C(NC(=O)OCc3ccccc3)C2C(=O)O)c(OC)c1. The zero-order valence-corrected chi connectivity index (χ0v) is 16.5. The van der Waals surface area contributed by atoms with Gasteiger partial charge in [0.05, 0.1) is 20.8 Å². The summed E-state index contributed by atoms with van der Waals surface area (Å²) in [5.74, 6) is -0.710. The molecular formula is C21H22N2O7. The van der Waals surface area contributed by atoms with E-state index in [0.717, 1.165) is 10.5 Å². The molecule has 2 aromatic rings. The average molecular weight is 414 g/mol. The minimum Gasteiger partial charge on any atom is -0.497 e. The van der Waals surface area contributed by atoms with Crippen molar-refractivity contribution in [2.45, 2.75) is 25.2 Å². The maximum absolute atomic E-state index is 12.5.